The first-order valence-electron chi connectivity index (χ1n) is 7.48. The van der Waals surface area contributed by atoms with E-state index in [1.54, 1.807) is 44.3 Å². The van der Waals surface area contributed by atoms with E-state index in [1.807, 2.05) is 6.07 Å². The number of hydrogen-bond donors (Lipinski definition) is 1. The van der Waals surface area contributed by atoms with Crippen molar-refractivity contribution in [1.82, 2.24) is 10.1 Å². The summed E-state index contributed by atoms with van der Waals surface area (Å²) in [7, 11) is 0. The van der Waals surface area contributed by atoms with E-state index in [1.165, 1.54) is 11.2 Å². The molecular weight excluding hydrogens is 322 g/mol. The van der Waals surface area contributed by atoms with E-state index in [9.17, 15) is 4.79 Å². The van der Waals surface area contributed by atoms with Crippen LogP contribution in [0.1, 0.15) is 22.9 Å². The topological polar surface area (TPSA) is 108 Å². The Labute approximate surface area is 143 Å². The maximum Gasteiger partial charge on any atom is 0.326 e. The van der Waals surface area contributed by atoms with E-state index in [4.69, 9.17) is 14.2 Å². The lowest BCUT2D eigenvalue weighted by molar-refractivity contribution is 0.256. The first kappa shape index (κ1) is 16.3. The van der Waals surface area contributed by atoms with Crippen LogP contribution < -0.4 is 10.2 Å². The van der Waals surface area contributed by atoms with E-state index < -0.39 is 0 Å². The van der Waals surface area contributed by atoms with Gasteiger partial charge in [0.25, 0.3) is 0 Å². The summed E-state index contributed by atoms with van der Waals surface area (Å²) >= 11 is 0. The van der Waals surface area contributed by atoms with Gasteiger partial charge in [-0.3, -0.25) is 4.90 Å². The van der Waals surface area contributed by atoms with E-state index in [2.05, 4.69) is 15.5 Å². The molecule has 0 fully saturated rings. The maximum absolute atomic E-state index is 12.7. The minimum Gasteiger partial charge on any atom is -0.444 e. The van der Waals surface area contributed by atoms with Gasteiger partial charge in [0, 0.05) is 12.6 Å². The molecule has 0 spiro atoms. The summed E-state index contributed by atoms with van der Waals surface area (Å²) in [5, 5.41) is 15.4. The molecular formula is C17H15N5O3. The number of benzene rings is 1. The fourth-order valence-corrected chi connectivity index (χ4v) is 2.27. The fraction of sp³-hybridized carbons (Fsp3) is 0.176. The molecule has 0 radical (unpaired) electrons. The van der Waals surface area contributed by atoms with Gasteiger partial charge in [0.05, 0.1) is 24.4 Å². The summed E-state index contributed by atoms with van der Waals surface area (Å²) in [6.45, 7) is 3.65. The predicted molar refractivity (Wildman–Crippen MR) is 88.8 cm³/mol. The van der Waals surface area contributed by atoms with Crippen LogP contribution in [-0.2, 0) is 6.54 Å². The molecule has 2 heterocycles. The van der Waals surface area contributed by atoms with Gasteiger partial charge >= 0.3 is 6.03 Å². The Morgan fingerprint density at radius 3 is 2.64 bits per heavy atom. The maximum atomic E-state index is 12.7. The molecule has 25 heavy (non-hydrogen) atoms. The first-order chi connectivity index (χ1) is 12.1. The van der Waals surface area contributed by atoms with Gasteiger partial charge in [0.2, 0.25) is 0 Å². The van der Waals surface area contributed by atoms with Crippen molar-refractivity contribution in [3.63, 3.8) is 0 Å². The summed E-state index contributed by atoms with van der Waals surface area (Å²) < 4.78 is 10.4. The SMILES string of the molecule is Cc1ncc(CN(C(=O)Nc2ccc(C#N)cc2)c2conc2C)o1. The molecule has 1 N–H and O–H groups in total. The van der Waals surface area contributed by atoms with Crippen LogP contribution in [0.25, 0.3) is 0 Å². The highest BCUT2D eigenvalue weighted by Gasteiger charge is 2.22. The molecule has 0 saturated carbocycles. The molecule has 2 amide bonds. The average Bonchev–Trinajstić information content (AvgIpc) is 3.21. The molecule has 0 aliphatic rings. The van der Waals surface area contributed by atoms with Crippen molar-refractivity contribution < 1.29 is 13.7 Å². The van der Waals surface area contributed by atoms with E-state index in [0.717, 1.165) is 0 Å². The van der Waals surface area contributed by atoms with Crippen molar-refractivity contribution in [2.45, 2.75) is 20.4 Å². The zero-order valence-electron chi connectivity index (χ0n) is 13.7. The third-order valence-electron chi connectivity index (χ3n) is 3.51. The van der Waals surface area contributed by atoms with E-state index >= 15 is 0 Å². The Kier molecular flexibility index (Phi) is 4.48. The number of urea groups is 1. The number of carbonyl (C=O) groups excluding carboxylic acids is 1. The number of aryl methyl sites for hydroxylation is 2. The standard InChI is InChI=1S/C17H15N5O3/c1-11-16(10-24-21-11)22(9-15-8-19-12(2)25-15)17(23)20-14-5-3-13(7-18)4-6-14/h3-6,8,10H,9H2,1-2H3,(H,20,23). The number of aromatic nitrogens is 2. The van der Waals surface area contributed by atoms with Crippen LogP contribution in [0.2, 0.25) is 0 Å². The lowest BCUT2D eigenvalue weighted by Gasteiger charge is -2.20. The van der Waals surface area contributed by atoms with Gasteiger partial charge in [-0.05, 0) is 31.2 Å². The van der Waals surface area contributed by atoms with Gasteiger partial charge in [-0.2, -0.15) is 5.26 Å². The quantitative estimate of drug-likeness (QED) is 0.781. The third-order valence-corrected chi connectivity index (χ3v) is 3.51. The molecule has 8 heteroatoms. The van der Waals surface area contributed by atoms with Crippen LogP contribution >= 0.6 is 0 Å². The number of nitrogens with zero attached hydrogens (tertiary/aromatic N) is 4. The molecule has 0 unspecified atom stereocenters. The molecule has 3 aromatic rings. The van der Waals surface area contributed by atoms with Crippen LogP contribution in [0.3, 0.4) is 0 Å². The second-order valence-corrected chi connectivity index (χ2v) is 5.34. The zero-order valence-corrected chi connectivity index (χ0v) is 13.7. The summed E-state index contributed by atoms with van der Waals surface area (Å²) in [6.07, 6.45) is 2.97. The normalized spacial score (nSPS) is 10.3. The van der Waals surface area contributed by atoms with E-state index in [-0.39, 0.29) is 12.6 Å². The smallest absolute Gasteiger partial charge is 0.326 e. The second kappa shape index (κ2) is 6.88. The Balaban J connectivity index is 1.83. The highest BCUT2D eigenvalue weighted by Crippen LogP contribution is 2.23. The highest BCUT2D eigenvalue weighted by atomic mass is 16.5. The van der Waals surface area contributed by atoms with Crippen molar-refractivity contribution in [2.75, 3.05) is 10.2 Å². The van der Waals surface area contributed by atoms with Crippen LogP contribution in [0, 0.1) is 25.2 Å². The van der Waals surface area contributed by atoms with Crippen LogP contribution in [0.4, 0.5) is 16.2 Å². The number of amides is 2. The summed E-state index contributed by atoms with van der Waals surface area (Å²) in [4.78, 5) is 18.2. The second-order valence-electron chi connectivity index (χ2n) is 5.34. The highest BCUT2D eigenvalue weighted by molar-refractivity contribution is 6.01. The molecule has 0 aliphatic heterocycles. The van der Waals surface area contributed by atoms with Gasteiger partial charge in [-0.25, -0.2) is 9.78 Å². The Morgan fingerprint density at radius 1 is 1.32 bits per heavy atom. The molecule has 2 aromatic heterocycles. The summed E-state index contributed by atoms with van der Waals surface area (Å²) in [5.41, 5.74) is 2.19. The van der Waals surface area contributed by atoms with Crippen molar-refractivity contribution in [3.05, 3.63) is 59.6 Å². The number of hydrogen-bond acceptors (Lipinski definition) is 6. The number of nitrogens with one attached hydrogen (secondary N) is 1. The predicted octanol–water partition coefficient (Wildman–Crippen LogP) is 3.39. The van der Waals surface area contributed by atoms with E-state index in [0.29, 0.717) is 34.3 Å². The zero-order chi connectivity index (χ0) is 17.8. The van der Waals surface area contributed by atoms with Gasteiger partial charge < -0.3 is 14.3 Å². The van der Waals surface area contributed by atoms with Crippen molar-refractivity contribution >= 4 is 17.4 Å². The van der Waals surface area contributed by atoms with Gasteiger partial charge in [0.15, 0.2) is 5.89 Å². The molecule has 1 aromatic carbocycles. The summed E-state index contributed by atoms with van der Waals surface area (Å²) in [5.74, 6) is 1.05. The first-order valence-corrected chi connectivity index (χ1v) is 7.48. The lowest BCUT2D eigenvalue weighted by atomic mass is 10.2. The lowest BCUT2D eigenvalue weighted by Crippen LogP contribution is -2.34. The number of anilines is 2. The Bertz CT molecular complexity index is 920. The van der Waals surface area contributed by atoms with Gasteiger partial charge in [-0.15, -0.1) is 0 Å². The number of carbonyl (C=O) groups is 1. The van der Waals surface area contributed by atoms with Crippen LogP contribution in [0.15, 0.2) is 45.7 Å². The average molecular weight is 337 g/mol. The number of rotatable bonds is 4. The molecule has 0 saturated heterocycles. The minimum absolute atomic E-state index is 0.172. The van der Waals surface area contributed by atoms with Gasteiger partial charge in [-0.1, -0.05) is 5.16 Å². The largest absolute Gasteiger partial charge is 0.444 e. The molecule has 8 nitrogen and oxygen atoms in total. The Morgan fingerprint density at radius 2 is 2.08 bits per heavy atom. The molecule has 3 rings (SSSR count). The van der Waals surface area contributed by atoms with Crippen molar-refractivity contribution in [1.29, 1.82) is 5.26 Å². The fourth-order valence-electron chi connectivity index (χ4n) is 2.27. The molecule has 126 valence electrons. The summed E-state index contributed by atoms with van der Waals surface area (Å²) in [6, 6.07) is 8.23. The molecule has 0 aliphatic carbocycles. The third kappa shape index (κ3) is 3.67. The molecule has 0 bridgehead atoms. The monoisotopic (exact) mass is 337 g/mol. The number of oxazole rings is 1. The van der Waals surface area contributed by atoms with Crippen molar-refractivity contribution in [2.24, 2.45) is 0 Å². The van der Waals surface area contributed by atoms with Crippen molar-refractivity contribution in [3.8, 4) is 6.07 Å². The number of nitriles is 1. The van der Waals surface area contributed by atoms with Crippen LogP contribution in [-0.4, -0.2) is 16.2 Å². The Hall–Kier alpha value is -3.60. The minimum atomic E-state index is -0.384. The van der Waals surface area contributed by atoms with Gasteiger partial charge in [0.1, 0.15) is 23.4 Å². The molecule has 0 atom stereocenters. The van der Waals surface area contributed by atoms with Crippen LogP contribution in [0.5, 0.6) is 0 Å².